The summed E-state index contributed by atoms with van der Waals surface area (Å²) >= 11 is 0. The zero-order chi connectivity index (χ0) is 29.8. The van der Waals surface area contributed by atoms with E-state index in [1.54, 1.807) is 34.9 Å². The van der Waals surface area contributed by atoms with E-state index in [0.29, 0.717) is 40.9 Å². The minimum absolute atomic E-state index is 0.106. The van der Waals surface area contributed by atoms with Crippen molar-refractivity contribution < 1.29 is 23.9 Å². The smallest absolute Gasteiger partial charge is 0.308 e. The highest BCUT2D eigenvalue weighted by Gasteiger charge is 2.22. The van der Waals surface area contributed by atoms with Crippen molar-refractivity contribution in [1.82, 2.24) is 14.8 Å². The first kappa shape index (κ1) is 31.6. The summed E-state index contributed by atoms with van der Waals surface area (Å²) in [6.45, 7) is 6.68. The Kier molecular flexibility index (Phi) is 12.1. The zero-order valence-electron chi connectivity index (χ0n) is 24.8. The van der Waals surface area contributed by atoms with Gasteiger partial charge in [0.15, 0.2) is 0 Å². The normalized spacial score (nSPS) is 10.9. The fourth-order valence-electron chi connectivity index (χ4n) is 4.98. The largest absolute Gasteiger partial charge is 0.427 e. The van der Waals surface area contributed by atoms with Crippen LogP contribution in [0.5, 0.6) is 5.75 Å². The minimum atomic E-state index is -0.439. The number of esters is 1. The molecular formula is C33H43N3O5. The number of fused-ring (bicyclic) bond motifs is 1. The van der Waals surface area contributed by atoms with Gasteiger partial charge in [0.2, 0.25) is 11.8 Å². The lowest BCUT2D eigenvalue weighted by Gasteiger charge is -2.16. The first-order chi connectivity index (χ1) is 19.7. The SMILES string of the molecule is CCCCN(C)C(=O)CCCCCCCNC(=O)Cc1c(C)n(C(=O)c2ccccc2)c2ccc(OC(C)=O)cc12. The summed E-state index contributed by atoms with van der Waals surface area (Å²) in [4.78, 5) is 51.9. The van der Waals surface area contributed by atoms with Gasteiger partial charge in [0, 0.05) is 50.1 Å². The summed E-state index contributed by atoms with van der Waals surface area (Å²) in [6, 6.07) is 14.1. The number of unbranched alkanes of at least 4 members (excludes halogenated alkanes) is 5. The monoisotopic (exact) mass is 561 g/mol. The topological polar surface area (TPSA) is 97.7 Å². The van der Waals surface area contributed by atoms with E-state index in [0.717, 1.165) is 57.1 Å². The van der Waals surface area contributed by atoms with Crippen LogP contribution in [0.3, 0.4) is 0 Å². The lowest BCUT2D eigenvalue weighted by atomic mass is 10.1. The Hall–Kier alpha value is -3.94. The van der Waals surface area contributed by atoms with E-state index >= 15 is 0 Å². The molecule has 0 aliphatic heterocycles. The molecule has 1 heterocycles. The summed E-state index contributed by atoms with van der Waals surface area (Å²) in [5.41, 5.74) is 2.61. The first-order valence-electron chi connectivity index (χ1n) is 14.7. The Labute approximate surface area is 243 Å². The third-order valence-electron chi connectivity index (χ3n) is 7.29. The number of ether oxygens (including phenoxy) is 1. The Bertz CT molecular complexity index is 1350. The second kappa shape index (κ2) is 15.7. The van der Waals surface area contributed by atoms with Crippen LogP contribution in [-0.4, -0.2) is 53.3 Å². The minimum Gasteiger partial charge on any atom is -0.427 e. The van der Waals surface area contributed by atoms with Gasteiger partial charge in [-0.15, -0.1) is 0 Å². The molecule has 0 saturated carbocycles. The molecule has 2 aromatic carbocycles. The van der Waals surface area contributed by atoms with Crippen LogP contribution in [0, 0.1) is 6.92 Å². The summed E-state index contributed by atoms with van der Waals surface area (Å²) < 4.78 is 6.90. The zero-order valence-corrected chi connectivity index (χ0v) is 24.8. The van der Waals surface area contributed by atoms with Crippen LogP contribution in [0.4, 0.5) is 0 Å². The molecule has 0 aliphatic carbocycles. The lowest BCUT2D eigenvalue weighted by Crippen LogP contribution is -2.27. The molecule has 0 aliphatic rings. The van der Waals surface area contributed by atoms with Gasteiger partial charge < -0.3 is 15.0 Å². The molecule has 0 bridgehead atoms. The Morgan fingerprint density at radius 1 is 0.927 bits per heavy atom. The van der Waals surface area contributed by atoms with E-state index in [-0.39, 0.29) is 24.1 Å². The fourth-order valence-corrected chi connectivity index (χ4v) is 4.98. The second-order valence-electron chi connectivity index (χ2n) is 10.6. The van der Waals surface area contributed by atoms with Crippen LogP contribution in [0.15, 0.2) is 48.5 Å². The molecule has 8 heteroatoms. The maximum Gasteiger partial charge on any atom is 0.308 e. The maximum absolute atomic E-state index is 13.4. The first-order valence-corrected chi connectivity index (χ1v) is 14.7. The van der Waals surface area contributed by atoms with E-state index < -0.39 is 5.97 Å². The summed E-state index contributed by atoms with van der Waals surface area (Å²) in [5.74, 6) is -0.170. The predicted octanol–water partition coefficient (Wildman–Crippen LogP) is 5.82. The number of carbonyl (C=O) groups is 4. The number of nitrogens with one attached hydrogen (secondary N) is 1. The third kappa shape index (κ3) is 9.03. The molecule has 3 rings (SSSR count). The fraction of sp³-hybridized carbons (Fsp3) is 0.455. The number of hydrogen-bond donors (Lipinski definition) is 1. The van der Waals surface area contributed by atoms with Crippen LogP contribution in [0.1, 0.15) is 86.8 Å². The number of carbonyl (C=O) groups excluding carboxylic acids is 4. The van der Waals surface area contributed by atoms with Crippen molar-refractivity contribution in [3.05, 3.63) is 65.4 Å². The van der Waals surface area contributed by atoms with Gasteiger partial charge in [-0.1, -0.05) is 50.8 Å². The molecule has 0 radical (unpaired) electrons. The van der Waals surface area contributed by atoms with Crippen LogP contribution >= 0.6 is 0 Å². The van der Waals surface area contributed by atoms with Crippen molar-refractivity contribution in [2.75, 3.05) is 20.1 Å². The molecule has 1 aromatic heterocycles. The second-order valence-corrected chi connectivity index (χ2v) is 10.6. The summed E-state index contributed by atoms with van der Waals surface area (Å²) in [6.07, 6.45) is 7.58. The molecule has 2 amide bonds. The van der Waals surface area contributed by atoms with Crippen molar-refractivity contribution in [2.24, 2.45) is 0 Å². The Morgan fingerprint density at radius 2 is 1.63 bits per heavy atom. The van der Waals surface area contributed by atoms with Crippen LogP contribution in [-0.2, 0) is 20.8 Å². The third-order valence-corrected chi connectivity index (χ3v) is 7.29. The average molecular weight is 562 g/mol. The average Bonchev–Trinajstić information content (AvgIpc) is 3.22. The van der Waals surface area contributed by atoms with E-state index in [4.69, 9.17) is 4.74 Å². The lowest BCUT2D eigenvalue weighted by molar-refractivity contribution is -0.132. The Balaban J connectivity index is 1.57. The summed E-state index contributed by atoms with van der Waals surface area (Å²) in [5, 5.41) is 3.71. The molecule has 3 aromatic rings. The molecular weight excluding hydrogens is 518 g/mol. The Morgan fingerprint density at radius 3 is 2.34 bits per heavy atom. The van der Waals surface area contributed by atoms with Gasteiger partial charge in [-0.3, -0.25) is 23.7 Å². The van der Waals surface area contributed by atoms with E-state index in [2.05, 4.69) is 12.2 Å². The standard InChI is InChI=1S/C33H43N3O5/c1-5-6-21-35(4)32(39)17-13-8-7-9-14-20-34-31(38)23-28-24(2)36(33(40)26-15-11-10-12-16-26)30-19-18-27(22-29(28)30)41-25(3)37/h10-12,15-16,18-19,22H,5-9,13-14,17,20-21,23H2,1-4H3,(H,34,38). The van der Waals surface area contributed by atoms with Crippen molar-refractivity contribution >= 4 is 34.6 Å². The number of rotatable bonds is 15. The van der Waals surface area contributed by atoms with Gasteiger partial charge in [-0.05, 0) is 62.1 Å². The van der Waals surface area contributed by atoms with E-state index in [1.807, 2.05) is 37.1 Å². The molecule has 0 unspecified atom stereocenters. The highest BCUT2D eigenvalue weighted by molar-refractivity contribution is 6.05. The van der Waals surface area contributed by atoms with E-state index in [9.17, 15) is 19.2 Å². The number of amides is 2. The molecule has 0 atom stereocenters. The van der Waals surface area contributed by atoms with Crippen LogP contribution in [0.2, 0.25) is 0 Å². The van der Waals surface area contributed by atoms with Crippen LogP contribution in [0.25, 0.3) is 10.9 Å². The molecule has 0 saturated heterocycles. The molecule has 0 fully saturated rings. The molecule has 0 spiro atoms. The number of nitrogens with zero attached hydrogens (tertiary/aromatic N) is 2. The quantitative estimate of drug-likeness (QED) is 0.143. The van der Waals surface area contributed by atoms with Crippen molar-refractivity contribution in [1.29, 1.82) is 0 Å². The van der Waals surface area contributed by atoms with Gasteiger partial charge in [0.1, 0.15) is 5.75 Å². The van der Waals surface area contributed by atoms with Crippen LogP contribution < -0.4 is 10.1 Å². The molecule has 1 N–H and O–H groups in total. The van der Waals surface area contributed by atoms with Crippen molar-refractivity contribution in [2.45, 2.75) is 78.6 Å². The van der Waals surface area contributed by atoms with E-state index in [1.165, 1.54) is 6.92 Å². The van der Waals surface area contributed by atoms with Crippen molar-refractivity contribution in [3.63, 3.8) is 0 Å². The predicted molar refractivity (Wildman–Crippen MR) is 161 cm³/mol. The van der Waals surface area contributed by atoms with Gasteiger partial charge in [-0.25, -0.2) is 0 Å². The van der Waals surface area contributed by atoms with Gasteiger partial charge in [-0.2, -0.15) is 0 Å². The number of hydrogen-bond acceptors (Lipinski definition) is 5. The summed E-state index contributed by atoms with van der Waals surface area (Å²) in [7, 11) is 1.87. The maximum atomic E-state index is 13.4. The van der Waals surface area contributed by atoms with Gasteiger partial charge in [0.05, 0.1) is 11.9 Å². The number of benzene rings is 2. The highest BCUT2D eigenvalue weighted by atomic mass is 16.5. The van der Waals surface area contributed by atoms with Gasteiger partial charge >= 0.3 is 5.97 Å². The van der Waals surface area contributed by atoms with Gasteiger partial charge in [0.25, 0.3) is 5.91 Å². The molecule has 8 nitrogen and oxygen atoms in total. The number of aromatic nitrogens is 1. The van der Waals surface area contributed by atoms with Crippen molar-refractivity contribution in [3.8, 4) is 5.75 Å². The molecule has 220 valence electrons. The highest BCUT2D eigenvalue weighted by Crippen LogP contribution is 2.31. The molecule has 41 heavy (non-hydrogen) atoms.